The molecular weight excluding hydrogens is 977 g/mol. The number of H-pyrrole nitrogens is 2. The van der Waals surface area contributed by atoms with Crippen LogP contribution in [0, 0.1) is 0 Å². The lowest BCUT2D eigenvalue weighted by molar-refractivity contribution is 0.714. The Kier molecular flexibility index (Phi) is 8.22. The van der Waals surface area contributed by atoms with E-state index in [9.17, 15) is 0 Å². The minimum Gasteiger partial charge on any atom is -0.357 e. The Morgan fingerprint density at radius 2 is 0.912 bits per heavy atom. The number of nitrogens with zero attached hydrogens (tertiary/aromatic N) is 6. The average Bonchev–Trinajstić information content (AvgIpc) is 4.51. The molecule has 0 amide bonds. The third kappa shape index (κ3) is 5.93. The van der Waals surface area contributed by atoms with Crippen LogP contribution in [-0.4, -0.2) is 40.9 Å². The van der Waals surface area contributed by atoms with Crippen molar-refractivity contribution in [3.63, 3.8) is 0 Å². The van der Waals surface area contributed by atoms with Gasteiger partial charge in [-0.2, -0.15) is 0 Å². The molecule has 368 valence electrons. The van der Waals surface area contributed by atoms with Gasteiger partial charge in [0.05, 0.1) is 83.9 Å². The van der Waals surface area contributed by atoms with Crippen LogP contribution in [0.15, 0.2) is 217 Å². The molecule has 2 aliphatic rings. The number of pyridine rings is 4. The fraction of sp³-hybridized carbons (Fsp3) is 0.0278. The topological polar surface area (TPSA) is 108 Å². The molecule has 16 bridgehead atoms. The number of hydrogen-bond acceptors (Lipinski definition) is 6. The first kappa shape index (κ1) is 42.4. The number of aromatic amines is 2. The van der Waals surface area contributed by atoms with Crippen molar-refractivity contribution >= 4 is 137 Å². The Morgan fingerprint density at radius 3 is 1.69 bits per heavy atom. The molecule has 0 spiro atoms. The lowest BCUT2D eigenvalue weighted by Crippen LogP contribution is -2.23. The van der Waals surface area contributed by atoms with Gasteiger partial charge in [-0.1, -0.05) is 158 Å². The monoisotopic (exact) mass is 1020 g/mol. The lowest BCUT2D eigenvalue weighted by Gasteiger charge is -2.23. The molecule has 0 saturated carbocycles. The Labute approximate surface area is 454 Å². The zero-order chi connectivity index (χ0) is 51.9. The summed E-state index contributed by atoms with van der Waals surface area (Å²) in [6.07, 6.45) is 2.37. The standard InChI is InChI=1S/C72H40N8/c1-7-41-31-42-8-2-14-48(64-61-34-45-11-5-17-51(67(45)79-61)57-29-25-39-21-22-40-26-30-58(76-72(40)71(39)75-57)52-18-6-12-46-35-62(64)80-68(46)52)54(42)36-53(41)47(13-1)63-59-32-43-9-3-15-49(65(43)77-59)55-27-23-37-19-20-38-24-28-56(74-70(38)69(37)73-55)50-16-4-10-44-33-60(63)78-66(44)50/h1-36,59,63,78-79H. The molecule has 0 saturated heterocycles. The Morgan fingerprint density at radius 1 is 0.338 bits per heavy atom. The number of rotatable bonds is 2. The second-order valence-electron chi connectivity index (χ2n) is 21.9. The predicted molar refractivity (Wildman–Crippen MR) is 328 cm³/mol. The molecular formula is C72H40N8. The summed E-state index contributed by atoms with van der Waals surface area (Å²) in [5, 5.41) is 16.1. The number of nitrogens with one attached hydrogen (secondary N) is 2. The van der Waals surface area contributed by atoms with E-state index in [-0.39, 0.29) is 12.0 Å². The van der Waals surface area contributed by atoms with Crippen molar-refractivity contribution < 1.29 is 0 Å². The lowest BCUT2D eigenvalue weighted by atomic mass is 9.84. The van der Waals surface area contributed by atoms with Crippen LogP contribution < -0.4 is 10.6 Å². The summed E-state index contributed by atoms with van der Waals surface area (Å²) in [5.74, 6) is -0.206. The summed E-state index contributed by atoms with van der Waals surface area (Å²) in [6, 6.07) is 76.7. The van der Waals surface area contributed by atoms with E-state index in [0.29, 0.717) is 0 Å². The molecule has 2 N–H and O–H groups in total. The van der Waals surface area contributed by atoms with Gasteiger partial charge in [0.1, 0.15) is 0 Å². The molecule has 17 aromatic rings. The van der Waals surface area contributed by atoms with E-state index in [1.165, 1.54) is 5.56 Å². The Balaban J connectivity index is 0.897. The Hall–Kier alpha value is -10.7. The summed E-state index contributed by atoms with van der Waals surface area (Å²) >= 11 is 0. The summed E-state index contributed by atoms with van der Waals surface area (Å²) in [4.78, 5) is 41.1. The summed E-state index contributed by atoms with van der Waals surface area (Å²) in [7, 11) is 0. The van der Waals surface area contributed by atoms with Gasteiger partial charge in [0.25, 0.3) is 0 Å². The van der Waals surface area contributed by atoms with Crippen LogP contribution in [-0.2, 0) is 0 Å². The first-order valence-corrected chi connectivity index (χ1v) is 27.3. The molecule has 2 atom stereocenters. The van der Waals surface area contributed by atoms with E-state index in [0.717, 1.165) is 181 Å². The summed E-state index contributed by atoms with van der Waals surface area (Å²) in [5.41, 5.74) is 18.3. The maximum Gasteiger partial charge on any atom is 0.0972 e. The molecule has 2 aliphatic heterocycles. The van der Waals surface area contributed by atoms with Crippen molar-refractivity contribution in [3.05, 3.63) is 234 Å². The van der Waals surface area contributed by atoms with Gasteiger partial charge >= 0.3 is 0 Å². The van der Waals surface area contributed by atoms with Gasteiger partial charge in [0.15, 0.2) is 0 Å². The number of fused-ring (bicyclic) bond motifs is 14. The highest BCUT2D eigenvalue weighted by Gasteiger charge is 2.30. The third-order valence-corrected chi connectivity index (χ3v) is 17.5. The average molecular weight is 1020 g/mol. The maximum absolute atomic E-state index is 5.76. The van der Waals surface area contributed by atoms with Crippen molar-refractivity contribution in [2.75, 3.05) is 0 Å². The minimum absolute atomic E-state index is 0.206. The van der Waals surface area contributed by atoms with Gasteiger partial charge < -0.3 is 9.97 Å². The predicted octanol–water partition coefficient (Wildman–Crippen LogP) is 16.1. The summed E-state index contributed by atoms with van der Waals surface area (Å²) < 4.78 is 0. The SMILES string of the molecule is C1=c2cccc3c2=NC1C(c1cccc2cc4cccc(-c5c6cc7cccc(c8ccc9ccc%10ccc(nc%10c9n8)c8cccc9cc5[nH]c98)c7n6)c4cc12)c1cc2cccc(c2[nH]1)-c1ccc2ccc4ccc-3nc4c2n1. The molecule has 0 aliphatic carbocycles. The first-order chi connectivity index (χ1) is 39.6. The van der Waals surface area contributed by atoms with Gasteiger partial charge in [-0.25, -0.2) is 24.9 Å². The quantitative estimate of drug-likeness (QED) is 0.132. The summed E-state index contributed by atoms with van der Waals surface area (Å²) in [6.45, 7) is 0. The molecule has 10 heterocycles. The molecule has 0 fully saturated rings. The highest BCUT2D eigenvalue weighted by atomic mass is 14.9. The van der Waals surface area contributed by atoms with Crippen LogP contribution in [0.25, 0.3) is 170 Å². The first-order valence-electron chi connectivity index (χ1n) is 27.3. The molecule has 19 rings (SSSR count). The molecule has 8 nitrogen and oxygen atoms in total. The van der Waals surface area contributed by atoms with Gasteiger partial charge in [-0.05, 0) is 98.6 Å². The minimum atomic E-state index is -0.247. The third-order valence-electron chi connectivity index (χ3n) is 17.5. The molecule has 2 unspecified atom stereocenters. The number of benzene rings is 9. The van der Waals surface area contributed by atoms with Crippen LogP contribution in [0.2, 0.25) is 0 Å². The van der Waals surface area contributed by atoms with Crippen LogP contribution >= 0.6 is 0 Å². The van der Waals surface area contributed by atoms with E-state index in [4.69, 9.17) is 29.9 Å². The molecule has 8 aromatic heterocycles. The maximum atomic E-state index is 5.76. The van der Waals surface area contributed by atoms with Crippen molar-refractivity contribution in [1.82, 2.24) is 34.9 Å². The van der Waals surface area contributed by atoms with Crippen LogP contribution in [0.3, 0.4) is 0 Å². The van der Waals surface area contributed by atoms with Gasteiger partial charge in [0.2, 0.25) is 0 Å². The molecule has 9 aromatic carbocycles. The smallest absolute Gasteiger partial charge is 0.0972 e. The molecule has 0 radical (unpaired) electrons. The fourth-order valence-electron chi connectivity index (χ4n) is 13.7. The van der Waals surface area contributed by atoms with E-state index < -0.39 is 0 Å². The second-order valence-corrected chi connectivity index (χ2v) is 21.9. The Bertz CT molecular complexity index is 5680. The zero-order valence-electron chi connectivity index (χ0n) is 42.6. The van der Waals surface area contributed by atoms with Crippen molar-refractivity contribution in [1.29, 1.82) is 0 Å². The van der Waals surface area contributed by atoms with Crippen LogP contribution in [0.4, 0.5) is 0 Å². The van der Waals surface area contributed by atoms with Gasteiger partial charge in [0, 0.05) is 76.4 Å². The van der Waals surface area contributed by atoms with Gasteiger partial charge in [-0.15, -0.1) is 0 Å². The van der Waals surface area contributed by atoms with Crippen LogP contribution in [0.5, 0.6) is 0 Å². The van der Waals surface area contributed by atoms with E-state index in [1.807, 2.05) is 0 Å². The van der Waals surface area contributed by atoms with Crippen molar-refractivity contribution in [2.45, 2.75) is 12.0 Å². The van der Waals surface area contributed by atoms with Gasteiger partial charge in [-0.3, -0.25) is 4.99 Å². The molecule has 80 heavy (non-hydrogen) atoms. The largest absolute Gasteiger partial charge is 0.357 e. The van der Waals surface area contributed by atoms with E-state index in [1.54, 1.807) is 0 Å². The van der Waals surface area contributed by atoms with Crippen LogP contribution in [0.1, 0.15) is 17.2 Å². The normalized spacial score (nSPS) is 14.9. The number of aromatic nitrogens is 7. The number of para-hydroxylation sites is 4. The van der Waals surface area contributed by atoms with Crippen molar-refractivity contribution in [2.24, 2.45) is 4.99 Å². The highest BCUT2D eigenvalue weighted by molar-refractivity contribution is 6.17. The second kappa shape index (κ2) is 15.5. The fourth-order valence-corrected chi connectivity index (χ4v) is 13.7. The van der Waals surface area contributed by atoms with E-state index in [2.05, 4.69) is 228 Å². The number of hydrogen-bond donors (Lipinski definition) is 2. The zero-order valence-corrected chi connectivity index (χ0v) is 42.6. The van der Waals surface area contributed by atoms with E-state index >= 15 is 0 Å². The van der Waals surface area contributed by atoms with Crippen molar-refractivity contribution in [3.8, 4) is 33.6 Å². The molecule has 8 heteroatoms. The highest BCUT2D eigenvalue weighted by Crippen LogP contribution is 2.44.